The maximum absolute atomic E-state index is 12.3. The molecule has 0 unspecified atom stereocenters. The number of hydrogen-bond acceptors (Lipinski definition) is 10. The van der Waals surface area contributed by atoms with Crippen LogP contribution in [-0.2, 0) is 6.61 Å². The van der Waals surface area contributed by atoms with Gasteiger partial charge in [-0.05, 0) is 30.3 Å². The average Bonchev–Trinajstić information content (AvgIpc) is 3.64. The highest BCUT2D eigenvalue weighted by molar-refractivity contribution is 7.18. The number of pyridine rings is 1. The number of halogens is 1. The van der Waals surface area contributed by atoms with E-state index in [2.05, 4.69) is 26.4 Å². The van der Waals surface area contributed by atoms with E-state index in [1.165, 1.54) is 28.4 Å². The number of anilines is 1. The van der Waals surface area contributed by atoms with E-state index in [0.29, 0.717) is 37.9 Å². The minimum absolute atomic E-state index is 0.0634. The molecule has 13 heteroatoms. The Hall–Kier alpha value is -4.13. The Morgan fingerprint density at radius 3 is 2.91 bits per heavy atom. The van der Waals surface area contributed by atoms with Gasteiger partial charge in [-0.15, -0.1) is 16.9 Å². The molecule has 0 saturated heterocycles. The summed E-state index contributed by atoms with van der Waals surface area (Å²) in [5.41, 5.74) is 7.86. The fraction of sp³-hybridized carbons (Fsp3) is 0.0909. The second-order valence-corrected chi connectivity index (χ2v) is 8.96. The van der Waals surface area contributed by atoms with Crippen molar-refractivity contribution in [3.63, 3.8) is 0 Å². The van der Waals surface area contributed by atoms with Gasteiger partial charge >= 0.3 is 0 Å². The van der Waals surface area contributed by atoms with Gasteiger partial charge < -0.3 is 20.0 Å². The third-order valence-electron chi connectivity index (χ3n) is 4.93. The van der Waals surface area contributed by atoms with Gasteiger partial charge in [0.1, 0.15) is 11.4 Å². The van der Waals surface area contributed by atoms with Gasteiger partial charge in [0, 0.05) is 24.5 Å². The Morgan fingerprint density at radius 2 is 2.14 bits per heavy atom. The first-order valence-corrected chi connectivity index (χ1v) is 11.5. The van der Waals surface area contributed by atoms with Crippen molar-refractivity contribution in [3.05, 3.63) is 98.4 Å². The molecule has 3 aromatic heterocycles. The molecule has 0 saturated carbocycles. The van der Waals surface area contributed by atoms with Crippen LogP contribution in [0.15, 0.2) is 82.3 Å². The lowest BCUT2D eigenvalue weighted by molar-refractivity contribution is 0.0960. The molecule has 5 rings (SSSR count). The zero-order valence-electron chi connectivity index (χ0n) is 18.0. The summed E-state index contributed by atoms with van der Waals surface area (Å²) >= 11 is 7.12. The van der Waals surface area contributed by atoms with Crippen LogP contribution in [0.4, 0.5) is 5.69 Å². The van der Waals surface area contributed by atoms with Gasteiger partial charge in [-0.1, -0.05) is 22.8 Å². The Labute approximate surface area is 207 Å². The maximum Gasteiger partial charge on any atom is 0.261 e. The van der Waals surface area contributed by atoms with Crippen molar-refractivity contribution in [1.29, 1.82) is 0 Å². The molecule has 1 aromatic carbocycles. The SMILES string of the molecule is O=C(NCC1=CN(c2ccc(-n3ccccc3=O)cc2OCc2ncon2)NN1)c1ccc(Cl)s1. The number of ether oxygens (including phenoxy) is 1. The molecule has 1 aliphatic heterocycles. The van der Waals surface area contributed by atoms with E-state index in [-0.39, 0.29) is 24.6 Å². The smallest absolute Gasteiger partial charge is 0.261 e. The summed E-state index contributed by atoms with van der Waals surface area (Å²) in [6, 6.07) is 13.6. The topological polar surface area (TPSA) is 127 Å². The Morgan fingerprint density at radius 1 is 1.23 bits per heavy atom. The Bertz CT molecular complexity index is 1430. The molecule has 3 N–H and O–H groups in total. The van der Waals surface area contributed by atoms with Crippen LogP contribution < -0.4 is 31.6 Å². The van der Waals surface area contributed by atoms with Gasteiger partial charge in [0.25, 0.3) is 11.5 Å². The van der Waals surface area contributed by atoms with E-state index < -0.39 is 0 Å². The number of benzene rings is 1. The summed E-state index contributed by atoms with van der Waals surface area (Å²) in [6.07, 6.45) is 4.68. The normalized spacial score (nSPS) is 12.8. The van der Waals surface area contributed by atoms with Crippen molar-refractivity contribution in [3.8, 4) is 11.4 Å². The number of nitrogens with one attached hydrogen (secondary N) is 3. The van der Waals surface area contributed by atoms with Crippen molar-refractivity contribution in [2.24, 2.45) is 0 Å². The molecule has 0 atom stereocenters. The fourth-order valence-electron chi connectivity index (χ4n) is 3.28. The van der Waals surface area contributed by atoms with Crippen molar-refractivity contribution >= 4 is 34.5 Å². The van der Waals surface area contributed by atoms with Crippen LogP contribution in [0.2, 0.25) is 4.34 Å². The summed E-state index contributed by atoms with van der Waals surface area (Å²) in [6.45, 7) is 0.322. The Kier molecular flexibility index (Phi) is 6.48. The lowest BCUT2D eigenvalue weighted by atomic mass is 10.2. The van der Waals surface area contributed by atoms with Gasteiger partial charge in [-0.3, -0.25) is 19.2 Å². The molecule has 1 amide bonds. The average molecular weight is 512 g/mol. The second kappa shape index (κ2) is 10.0. The first-order valence-electron chi connectivity index (χ1n) is 10.3. The van der Waals surface area contributed by atoms with Crippen LogP contribution in [0.3, 0.4) is 0 Å². The van der Waals surface area contributed by atoms with Gasteiger partial charge in [-0.25, -0.2) is 0 Å². The number of aromatic nitrogens is 3. The van der Waals surface area contributed by atoms with E-state index >= 15 is 0 Å². The molecule has 0 radical (unpaired) electrons. The van der Waals surface area contributed by atoms with Crippen LogP contribution in [-0.4, -0.2) is 27.2 Å². The van der Waals surface area contributed by atoms with Crippen LogP contribution in [0.25, 0.3) is 5.69 Å². The number of carbonyl (C=O) groups excluding carboxylic acids is 1. The zero-order valence-corrected chi connectivity index (χ0v) is 19.5. The number of thiophene rings is 1. The highest BCUT2D eigenvalue weighted by Gasteiger charge is 2.19. The summed E-state index contributed by atoms with van der Waals surface area (Å²) in [7, 11) is 0. The standard InChI is InChI=1S/C22H18ClN7O4S/c23-19-7-6-18(35-19)22(32)24-10-14-11-30(28-26-14)16-5-4-15(29-8-2-1-3-21(29)31)9-17(16)33-12-20-25-13-34-27-20/h1-9,11,13,26,28H,10,12H2,(H,24,32). The minimum Gasteiger partial charge on any atom is -0.483 e. The highest BCUT2D eigenvalue weighted by Crippen LogP contribution is 2.31. The molecule has 35 heavy (non-hydrogen) atoms. The predicted molar refractivity (Wildman–Crippen MR) is 129 cm³/mol. The van der Waals surface area contributed by atoms with E-state index in [4.69, 9.17) is 20.9 Å². The number of hydrazine groups is 2. The quantitative estimate of drug-likeness (QED) is 0.327. The number of amides is 1. The minimum atomic E-state index is -0.218. The van der Waals surface area contributed by atoms with Crippen LogP contribution in [0.5, 0.6) is 5.75 Å². The van der Waals surface area contributed by atoms with E-state index in [0.717, 1.165) is 0 Å². The molecule has 0 spiro atoms. The summed E-state index contributed by atoms with van der Waals surface area (Å²) in [4.78, 5) is 29.1. The summed E-state index contributed by atoms with van der Waals surface area (Å²) in [5.74, 6) is 0.621. The summed E-state index contributed by atoms with van der Waals surface area (Å²) < 4.78 is 12.8. The molecule has 0 aliphatic carbocycles. The van der Waals surface area contributed by atoms with Crippen LogP contribution in [0.1, 0.15) is 15.5 Å². The molecule has 4 heterocycles. The van der Waals surface area contributed by atoms with Gasteiger partial charge in [0.2, 0.25) is 12.2 Å². The lowest BCUT2D eigenvalue weighted by Gasteiger charge is -2.20. The zero-order chi connectivity index (χ0) is 24.2. The molecule has 11 nitrogen and oxygen atoms in total. The third-order valence-corrected chi connectivity index (χ3v) is 6.16. The van der Waals surface area contributed by atoms with Gasteiger partial charge in [0.15, 0.2) is 6.61 Å². The van der Waals surface area contributed by atoms with E-state index in [9.17, 15) is 9.59 Å². The monoisotopic (exact) mass is 511 g/mol. The van der Waals surface area contributed by atoms with Gasteiger partial charge in [-0.2, -0.15) is 4.98 Å². The second-order valence-electron chi connectivity index (χ2n) is 7.24. The molecular formula is C22H18ClN7O4S. The van der Waals surface area contributed by atoms with Crippen molar-refractivity contribution < 1.29 is 14.1 Å². The molecular weight excluding hydrogens is 494 g/mol. The lowest BCUT2D eigenvalue weighted by Crippen LogP contribution is -2.38. The highest BCUT2D eigenvalue weighted by atomic mass is 35.5. The van der Waals surface area contributed by atoms with E-state index in [1.54, 1.807) is 59.9 Å². The maximum atomic E-state index is 12.3. The largest absolute Gasteiger partial charge is 0.483 e. The Balaban J connectivity index is 1.36. The first-order chi connectivity index (χ1) is 17.1. The fourth-order valence-corrected chi connectivity index (χ4v) is 4.24. The third kappa shape index (κ3) is 5.19. The number of carbonyl (C=O) groups is 1. The number of nitrogens with zero attached hydrogens (tertiary/aromatic N) is 4. The van der Waals surface area contributed by atoms with Crippen molar-refractivity contribution in [1.82, 2.24) is 31.0 Å². The summed E-state index contributed by atoms with van der Waals surface area (Å²) in [5, 5.41) is 8.31. The molecule has 0 fully saturated rings. The van der Waals surface area contributed by atoms with Gasteiger partial charge in [0.05, 0.1) is 27.1 Å². The van der Waals surface area contributed by atoms with Crippen LogP contribution in [0, 0.1) is 0 Å². The number of rotatable bonds is 8. The predicted octanol–water partition coefficient (Wildman–Crippen LogP) is 2.62. The first kappa shape index (κ1) is 22.7. The van der Waals surface area contributed by atoms with Crippen molar-refractivity contribution in [2.45, 2.75) is 6.61 Å². The number of hydrogen-bond donors (Lipinski definition) is 3. The molecule has 4 aromatic rings. The van der Waals surface area contributed by atoms with Crippen LogP contribution >= 0.6 is 22.9 Å². The molecule has 178 valence electrons. The molecule has 1 aliphatic rings. The van der Waals surface area contributed by atoms with E-state index in [1.807, 2.05) is 0 Å². The molecule has 0 bridgehead atoms. The van der Waals surface area contributed by atoms with Crippen molar-refractivity contribution in [2.75, 3.05) is 11.6 Å².